The first-order valence-electron chi connectivity index (χ1n) is 9.05. The van der Waals surface area contributed by atoms with Crippen LogP contribution in [-0.2, 0) is 11.2 Å². The minimum absolute atomic E-state index is 0.0550. The standard InChI is InChI=1S/C21H25BrN2O2/c1-26-19-6-4-5-17(14-19)20(24-11-2-3-12-24)15-23-21(25)13-16-7-9-18(22)10-8-16/h4-10,14,20H,2-3,11-13,15H2,1H3,(H,23,25)/t20-/m1/s1. The van der Waals surface area contributed by atoms with Gasteiger partial charge >= 0.3 is 0 Å². The van der Waals surface area contributed by atoms with E-state index in [2.05, 4.69) is 38.3 Å². The summed E-state index contributed by atoms with van der Waals surface area (Å²) in [6.45, 7) is 2.76. The molecule has 4 nitrogen and oxygen atoms in total. The molecule has 5 heteroatoms. The van der Waals surface area contributed by atoms with E-state index in [1.54, 1.807) is 7.11 Å². The van der Waals surface area contributed by atoms with Gasteiger partial charge < -0.3 is 10.1 Å². The van der Waals surface area contributed by atoms with Gasteiger partial charge in [-0.3, -0.25) is 9.69 Å². The molecule has 26 heavy (non-hydrogen) atoms. The van der Waals surface area contributed by atoms with Gasteiger partial charge in [-0.05, 0) is 61.3 Å². The van der Waals surface area contributed by atoms with E-state index in [0.717, 1.165) is 28.9 Å². The average molecular weight is 417 g/mol. The molecule has 0 radical (unpaired) electrons. The predicted molar refractivity (Wildman–Crippen MR) is 107 cm³/mol. The van der Waals surface area contributed by atoms with Crippen molar-refractivity contribution in [1.82, 2.24) is 10.2 Å². The highest BCUT2D eigenvalue weighted by Crippen LogP contribution is 2.27. The molecule has 1 aliphatic rings. The quantitative estimate of drug-likeness (QED) is 0.742. The van der Waals surface area contributed by atoms with Gasteiger partial charge in [0.2, 0.25) is 5.91 Å². The molecule has 1 heterocycles. The molecule has 0 saturated carbocycles. The summed E-state index contributed by atoms with van der Waals surface area (Å²) in [7, 11) is 1.68. The van der Waals surface area contributed by atoms with Crippen LogP contribution in [0, 0.1) is 0 Å². The normalized spacial score (nSPS) is 15.6. The van der Waals surface area contributed by atoms with Crippen molar-refractivity contribution in [2.24, 2.45) is 0 Å². The summed E-state index contributed by atoms with van der Waals surface area (Å²) < 4.78 is 6.39. The van der Waals surface area contributed by atoms with E-state index in [9.17, 15) is 4.79 Å². The van der Waals surface area contributed by atoms with Crippen LogP contribution in [0.4, 0.5) is 0 Å². The fourth-order valence-electron chi connectivity index (χ4n) is 3.42. The molecule has 0 spiro atoms. The van der Waals surface area contributed by atoms with E-state index < -0.39 is 0 Å². The molecule has 3 rings (SSSR count). The third-order valence-electron chi connectivity index (χ3n) is 4.83. The van der Waals surface area contributed by atoms with Crippen molar-refractivity contribution in [3.05, 3.63) is 64.1 Å². The molecule has 0 unspecified atom stereocenters. The van der Waals surface area contributed by atoms with Crippen LogP contribution in [0.15, 0.2) is 53.0 Å². The average Bonchev–Trinajstić information content (AvgIpc) is 3.18. The van der Waals surface area contributed by atoms with E-state index in [4.69, 9.17) is 4.74 Å². The number of hydrogen-bond acceptors (Lipinski definition) is 3. The summed E-state index contributed by atoms with van der Waals surface area (Å²) in [5.74, 6) is 0.910. The highest BCUT2D eigenvalue weighted by Gasteiger charge is 2.24. The van der Waals surface area contributed by atoms with Crippen LogP contribution < -0.4 is 10.1 Å². The van der Waals surface area contributed by atoms with Crippen LogP contribution in [0.2, 0.25) is 0 Å². The Morgan fingerprint density at radius 1 is 1.19 bits per heavy atom. The highest BCUT2D eigenvalue weighted by molar-refractivity contribution is 9.10. The maximum Gasteiger partial charge on any atom is 0.224 e. The molecule has 2 aromatic carbocycles. The van der Waals surface area contributed by atoms with Gasteiger partial charge in [0.05, 0.1) is 19.6 Å². The Labute approximate surface area is 163 Å². The summed E-state index contributed by atoms with van der Waals surface area (Å²) in [6, 6.07) is 16.2. The fraction of sp³-hybridized carbons (Fsp3) is 0.381. The Hall–Kier alpha value is -1.85. The first-order chi connectivity index (χ1) is 12.7. The van der Waals surface area contributed by atoms with Crippen LogP contribution in [-0.4, -0.2) is 37.6 Å². The molecule has 2 aromatic rings. The topological polar surface area (TPSA) is 41.6 Å². The summed E-state index contributed by atoms with van der Waals surface area (Å²) in [6.07, 6.45) is 2.83. The monoisotopic (exact) mass is 416 g/mol. The molecule has 0 aliphatic carbocycles. The molecule has 1 amide bonds. The van der Waals surface area contributed by atoms with Gasteiger partial charge in [-0.2, -0.15) is 0 Å². The molecule has 1 aliphatic heterocycles. The Kier molecular flexibility index (Phi) is 6.69. The lowest BCUT2D eigenvalue weighted by atomic mass is 10.0. The third kappa shape index (κ3) is 5.08. The van der Waals surface area contributed by atoms with Crippen LogP contribution in [0.5, 0.6) is 5.75 Å². The Morgan fingerprint density at radius 2 is 1.92 bits per heavy atom. The molecule has 1 saturated heterocycles. The van der Waals surface area contributed by atoms with Gasteiger partial charge in [0.25, 0.3) is 0 Å². The molecule has 0 aromatic heterocycles. The fourth-order valence-corrected chi connectivity index (χ4v) is 3.68. The van der Waals surface area contributed by atoms with E-state index >= 15 is 0 Å². The van der Waals surface area contributed by atoms with Gasteiger partial charge in [-0.1, -0.05) is 40.2 Å². The van der Waals surface area contributed by atoms with Gasteiger partial charge in [-0.15, -0.1) is 0 Å². The Balaban J connectivity index is 1.65. The van der Waals surface area contributed by atoms with Crippen molar-refractivity contribution < 1.29 is 9.53 Å². The number of hydrogen-bond donors (Lipinski definition) is 1. The van der Waals surface area contributed by atoms with Crippen molar-refractivity contribution in [3.8, 4) is 5.75 Å². The van der Waals surface area contributed by atoms with Gasteiger partial charge in [-0.25, -0.2) is 0 Å². The van der Waals surface area contributed by atoms with Crippen molar-refractivity contribution in [2.45, 2.75) is 25.3 Å². The molecular formula is C21H25BrN2O2. The van der Waals surface area contributed by atoms with Crippen LogP contribution in [0.1, 0.15) is 30.0 Å². The van der Waals surface area contributed by atoms with Crippen molar-refractivity contribution in [3.63, 3.8) is 0 Å². The van der Waals surface area contributed by atoms with Gasteiger partial charge in [0, 0.05) is 11.0 Å². The van der Waals surface area contributed by atoms with Crippen molar-refractivity contribution in [2.75, 3.05) is 26.7 Å². The Morgan fingerprint density at radius 3 is 2.62 bits per heavy atom. The van der Waals surface area contributed by atoms with Crippen molar-refractivity contribution in [1.29, 1.82) is 0 Å². The first kappa shape index (κ1) is 18.9. The lowest BCUT2D eigenvalue weighted by Crippen LogP contribution is -2.37. The second-order valence-corrected chi connectivity index (χ2v) is 7.56. The summed E-state index contributed by atoms with van der Waals surface area (Å²) in [5, 5.41) is 3.13. The van der Waals surface area contributed by atoms with Crippen LogP contribution in [0.25, 0.3) is 0 Å². The third-order valence-corrected chi connectivity index (χ3v) is 5.36. The lowest BCUT2D eigenvalue weighted by molar-refractivity contribution is -0.120. The number of likely N-dealkylation sites (tertiary alicyclic amines) is 1. The number of amides is 1. The van der Waals surface area contributed by atoms with Crippen molar-refractivity contribution >= 4 is 21.8 Å². The largest absolute Gasteiger partial charge is 0.497 e. The number of nitrogens with zero attached hydrogens (tertiary/aromatic N) is 1. The number of halogens is 1. The second-order valence-electron chi connectivity index (χ2n) is 6.64. The molecule has 1 fully saturated rings. The number of carbonyl (C=O) groups is 1. The number of methoxy groups -OCH3 is 1. The number of nitrogens with one attached hydrogen (secondary N) is 1. The summed E-state index contributed by atoms with van der Waals surface area (Å²) in [4.78, 5) is 14.9. The molecule has 1 N–H and O–H groups in total. The minimum atomic E-state index is 0.0550. The van der Waals surface area contributed by atoms with Gasteiger partial charge in [0.15, 0.2) is 0 Å². The van der Waals surface area contributed by atoms with E-state index in [-0.39, 0.29) is 11.9 Å². The smallest absolute Gasteiger partial charge is 0.224 e. The van der Waals surface area contributed by atoms with E-state index in [0.29, 0.717) is 13.0 Å². The lowest BCUT2D eigenvalue weighted by Gasteiger charge is -2.28. The van der Waals surface area contributed by atoms with E-state index in [1.807, 2.05) is 36.4 Å². The zero-order valence-corrected chi connectivity index (χ0v) is 16.7. The maximum atomic E-state index is 12.4. The zero-order valence-electron chi connectivity index (χ0n) is 15.1. The minimum Gasteiger partial charge on any atom is -0.497 e. The number of benzene rings is 2. The second kappa shape index (κ2) is 9.19. The summed E-state index contributed by atoms with van der Waals surface area (Å²) >= 11 is 3.42. The van der Waals surface area contributed by atoms with Gasteiger partial charge in [0.1, 0.15) is 5.75 Å². The first-order valence-corrected chi connectivity index (χ1v) is 9.84. The molecule has 1 atom stereocenters. The predicted octanol–water partition coefficient (Wildman–Crippen LogP) is 3.95. The van der Waals surface area contributed by atoms with Crippen LogP contribution in [0.3, 0.4) is 0 Å². The zero-order chi connectivity index (χ0) is 18.4. The highest BCUT2D eigenvalue weighted by atomic mass is 79.9. The Bertz CT molecular complexity index is 727. The molecule has 0 bridgehead atoms. The SMILES string of the molecule is COc1cccc([C@@H](CNC(=O)Cc2ccc(Br)cc2)N2CCCC2)c1. The van der Waals surface area contributed by atoms with Crippen LogP contribution >= 0.6 is 15.9 Å². The molecular weight excluding hydrogens is 392 g/mol. The molecule has 138 valence electrons. The number of ether oxygens (including phenoxy) is 1. The summed E-state index contributed by atoms with van der Waals surface area (Å²) in [5.41, 5.74) is 2.21. The van der Waals surface area contributed by atoms with E-state index in [1.165, 1.54) is 18.4 Å². The maximum absolute atomic E-state index is 12.4. The number of rotatable bonds is 7. The number of carbonyl (C=O) groups excluding carboxylic acids is 1.